The lowest BCUT2D eigenvalue weighted by molar-refractivity contribution is 0.102. The van der Waals surface area contributed by atoms with Crippen molar-refractivity contribution in [3.05, 3.63) is 28.5 Å². The Labute approximate surface area is 126 Å². The van der Waals surface area contributed by atoms with E-state index in [9.17, 15) is 17.9 Å². The van der Waals surface area contributed by atoms with Crippen molar-refractivity contribution in [2.24, 2.45) is 5.92 Å². The maximum Gasteiger partial charge on any atom is 0.243 e. The van der Waals surface area contributed by atoms with E-state index in [0.717, 1.165) is 25.3 Å². The van der Waals surface area contributed by atoms with Gasteiger partial charge in [-0.15, -0.1) is 0 Å². The molecule has 1 aromatic rings. The van der Waals surface area contributed by atoms with E-state index in [1.54, 1.807) is 0 Å². The van der Waals surface area contributed by atoms with Gasteiger partial charge in [0.2, 0.25) is 10.0 Å². The van der Waals surface area contributed by atoms with Crippen LogP contribution in [0.3, 0.4) is 0 Å². The number of sulfonamides is 1. The first-order valence-electron chi connectivity index (χ1n) is 6.51. The monoisotopic (exact) mass is 365 g/mol. The van der Waals surface area contributed by atoms with Gasteiger partial charge in [0.05, 0.1) is 6.10 Å². The predicted molar refractivity (Wildman–Crippen MR) is 77.3 cm³/mol. The topological polar surface area (TPSA) is 66.4 Å². The number of halogens is 2. The fourth-order valence-corrected chi connectivity index (χ4v) is 3.95. The summed E-state index contributed by atoms with van der Waals surface area (Å²) in [4.78, 5) is -0.350. The third-order valence-electron chi connectivity index (χ3n) is 3.50. The van der Waals surface area contributed by atoms with Gasteiger partial charge < -0.3 is 5.11 Å². The maximum absolute atomic E-state index is 13.7. The Kier molecular flexibility index (Phi) is 5.17. The summed E-state index contributed by atoms with van der Waals surface area (Å²) < 4.78 is 40.7. The SMILES string of the molecule is O=S(=O)(NCC1CCCC(O)C1)c1ccc(Br)cc1F. The van der Waals surface area contributed by atoms with Gasteiger partial charge >= 0.3 is 0 Å². The van der Waals surface area contributed by atoms with Crippen LogP contribution in [0.1, 0.15) is 25.7 Å². The number of hydrogen-bond donors (Lipinski definition) is 2. The molecule has 7 heteroatoms. The molecule has 20 heavy (non-hydrogen) atoms. The highest BCUT2D eigenvalue weighted by molar-refractivity contribution is 9.10. The van der Waals surface area contributed by atoms with Gasteiger partial charge in [-0.3, -0.25) is 0 Å². The summed E-state index contributed by atoms with van der Waals surface area (Å²) in [5.41, 5.74) is 0. The van der Waals surface area contributed by atoms with Crippen molar-refractivity contribution in [3.63, 3.8) is 0 Å². The molecule has 1 aliphatic rings. The van der Waals surface area contributed by atoms with E-state index >= 15 is 0 Å². The molecule has 2 unspecified atom stereocenters. The third kappa shape index (κ3) is 4.00. The lowest BCUT2D eigenvalue weighted by Gasteiger charge is -2.25. The van der Waals surface area contributed by atoms with E-state index in [1.165, 1.54) is 12.1 Å². The highest BCUT2D eigenvalue weighted by Crippen LogP contribution is 2.24. The first kappa shape index (κ1) is 15.9. The zero-order valence-electron chi connectivity index (χ0n) is 10.9. The molecule has 2 N–H and O–H groups in total. The predicted octanol–water partition coefficient (Wildman–Crippen LogP) is 2.42. The standard InChI is InChI=1S/C13H17BrFNO3S/c14-10-4-5-13(12(15)7-10)20(18,19)16-8-9-2-1-3-11(17)6-9/h4-5,7,9,11,16-17H,1-3,6,8H2. The maximum atomic E-state index is 13.7. The minimum absolute atomic E-state index is 0.104. The second-order valence-electron chi connectivity index (χ2n) is 5.11. The van der Waals surface area contributed by atoms with E-state index in [-0.39, 0.29) is 23.5 Å². The van der Waals surface area contributed by atoms with Crippen LogP contribution >= 0.6 is 15.9 Å². The molecule has 112 valence electrons. The average Bonchev–Trinajstić information content (AvgIpc) is 2.36. The van der Waals surface area contributed by atoms with Crippen LogP contribution in [0.4, 0.5) is 4.39 Å². The van der Waals surface area contributed by atoms with Gasteiger partial charge in [-0.25, -0.2) is 17.5 Å². The van der Waals surface area contributed by atoms with Crippen LogP contribution in [-0.2, 0) is 10.0 Å². The molecule has 2 atom stereocenters. The second kappa shape index (κ2) is 6.51. The van der Waals surface area contributed by atoms with Gasteiger partial charge in [0, 0.05) is 11.0 Å². The van der Waals surface area contributed by atoms with Gasteiger partial charge in [-0.05, 0) is 43.4 Å². The number of rotatable bonds is 4. The summed E-state index contributed by atoms with van der Waals surface area (Å²) in [6.45, 7) is 0.231. The van der Waals surface area contributed by atoms with Crippen molar-refractivity contribution >= 4 is 26.0 Å². The minimum atomic E-state index is -3.85. The summed E-state index contributed by atoms with van der Waals surface area (Å²) in [6, 6.07) is 3.85. The third-order valence-corrected chi connectivity index (χ3v) is 5.45. The highest BCUT2D eigenvalue weighted by Gasteiger charge is 2.24. The number of benzene rings is 1. The molecule has 4 nitrogen and oxygen atoms in total. The molecule has 0 amide bonds. The zero-order chi connectivity index (χ0) is 14.8. The number of aliphatic hydroxyl groups excluding tert-OH is 1. The van der Waals surface area contributed by atoms with E-state index in [1.807, 2.05) is 0 Å². The van der Waals surface area contributed by atoms with E-state index < -0.39 is 15.8 Å². The number of aliphatic hydroxyl groups is 1. The number of hydrogen-bond acceptors (Lipinski definition) is 3. The molecule has 2 rings (SSSR count). The van der Waals surface area contributed by atoms with Crippen LogP contribution in [0.5, 0.6) is 0 Å². The van der Waals surface area contributed by atoms with Crippen LogP contribution in [0.2, 0.25) is 0 Å². The van der Waals surface area contributed by atoms with Gasteiger partial charge in [0.15, 0.2) is 0 Å². The molecule has 0 saturated heterocycles. The average molecular weight is 366 g/mol. The second-order valence-corrected chi connectivity index (χ2v) is 7.76. The quantitative estimate of drug-likeness (QED) is 0.860. The van der Waals surface area contributed by atoms with Gasteiger partial charge in [0.25, 0.3) is 0 Å². The van der Waals surface area contributed by atoms with Crippen molar-refractivity contribution in [1.82, 2.24) is 4.72 Å². The first-order valence-corrected chi connectivity index (χ1v) is 8.79. The lowest BCUT2D eigenvalue weighted by atomic mass is 9.87. The van der Waals surface area contributed by atoms with E-state index in [0.29, 0.717) is 10.9 Å². The molecule has 0 radical (unpaired) electrons. The number of nitrogens with one attached hydrogen (secondary N) is 1. The summed E-state index contributed by atoms with van der Waals surface area (Å²) in [5.74, 6) is -0.678. The Morgan fingerprint density at radius 2 is 2.15 bits per heavy atom. The fraction of sp³-hybridized carbons (Fsp3) is 0.538. The molecular weight excluding hydrogens is 349 g/mol. The summed E-state index contributed by atoms with van der Waals surface area (Å²) in [5, 5.41) is 9.56. The smallest absolute Gasteiger partial charge is 0.243 e. The Balaban J connectivity index is 2.03. The summed E-state index contributed by atoms with van der Waals surface area (Å²) >= 11 is 3.09. The van der Waals surface area contributed by atoms with Gasteiger partial charge in [-0.2, -0.15) is 0 Å². The normalized spacial score (nSPS) is 23.8. The molecular formula is C13H17BrFNO3S. The Morgan fingerprint density at radius 1 is 1.40 bits per heavy atom. The minimum Gasteiger partial charge on any atom is -0.393 e. The molecule has 0 heterocycles. The lowest BCUT2D eigenvalue weighted by Crippen LogP contribution is -2.33. The first-order chi connectivity index (χ1) is 9.38. The fourth-order valence-electron chi connectivity index (χ4n) is 2.45. The molecule has 1 saturated carbocycles. The Bertz CT molecular complexity index is 579. The van der Waals surface area contributed by atoms with E-state index in [4.69, 9.17) is 0 Å². The molecule has 1 aromatic carbocycles. The van der Waals surface area contributed by atoms with Crippen molar-refractivity contribution in [1.29, 1.82) is 0 Å². The van der Waals surface area contributed by atoms with E-state index in [2.05, 4.69) is 20.7 Å². The van der Waals surface area contributed by atoms with Crippen molar-refractivity contribution < 1.29 is 17.9 Å². The van der Waals surface area contributed by atoms with Crippen LogP contribution in [0.25, 0.3) is 0 Å². The largest absolute Gasteiger partial charge is 0.393 e. The van der Waals surface area contributed by atoms with Crippen LogP contribution < -0.4 is 4.72 Å². The Morgan fingerprint density at radius 3 is 2.80 bits per heavy atom. The molecule has 0 aliphatic heterocycles. The zero-order valence-corrected chi connectivity index (χ0v) is 13.3. The van der Waals surface area contributed by atoms with Crippen LogP contribution in [-0.4, -0.2) is 26.2 Å². The highest BCUT2D eigenvalue weighted by atomic mass is 79.9. The van der Waals surface area contributed by atoms with Gasteiger partial charge in [-0.1, -0.05) is 22.4 Å². The molecule has 0 bridgehead atoms. The van der Waals surface area contributed by atoms with Gasteiger partial charge in [0.1, 0.15) is 10.7 Å². The van der Waals surface area contributed by atoms with Crippen LogP contribution in [0.15, 0.2) is 27.6 Å². The molecule has 1 fully saturated rings. The summed E-state index contributed by atoms with van der Waals surface area (Å²) in [6.07, 6.45) is 2.76. The van der Waals surface area contributed by atoms with Crippen molar-refractivity contribution in [2.45, 2.75) is 36.7 Å². The molecule has 0 aromatic heterocycles. The summed E-state index contributed by atoms with van der Waals surface area (Å²) in [7, 11) is -3.85. The van der Waals surface area contributed by atoms with Crippen molar-refractivity contribution in [2.75, 3.05) is 6.54 Å². The van der Waals surface area contributed by atoms with Crippen molar-refractivity contribution in [3.8, 4) is 0 Å². The molecule has 0 spiro atoms. The van der Waals surface area contributed by atoms with Crippen LogP contribution in [0, 0.1) is 11.7 Å². The molecule has 1 aliphatic carbocycles. The Hall–Kier alpha value is -0.500.